The van der Waals surface area contributed by atoms with Gasteiger partial charge < -0.3 is 15.1 Å². The van der Waals surface area contributed by atoms with Crippen LogP contribution in [0.3, 0.4) is 0 Å². The molecule has 5 rings (SSSR count). The van der Waals surface area contributed by atoms with Crippen LogP contribution in [-0.4, -0.2) is 52.7 Å². The van der Waals surface area contributed by atoms with E-state index in [4.69, 9.17) is 0 Å². The summed E-state index contributed by atoms with van der Waals surface area (Å²) in [5.74, 6) is -0.973. The van der Waals surface area contributed by atoms with Gasteiger partial charge in [0.1, 0.15) is 6.04 Å². The van der Waals surface area contributed by atoms with Gasteiger partial charge >= 0.3 is 6.03 Å². The van der Waals surface area contributed by atoms with Crippen molar-refractivity contribution in [3.8, 4) is 0 Å². The molecule has 2 N–H and O–H groups in total. The van der Waals surface area contributed by atoms with E-state index in [-0.39, 0.29) is 36.2 Å². The van der Waals surface area contributed by atoms with Gasteiger partial charge in [0.05, 0.1) is 0 Å². The monoisotopic (exact) mass is 432 g/mol. The number of hydrogen-bond donors (Lipinski definition) is 2. The molecule has 2 saturated heterocycles. The molecule has 0 bridgehead atoms. The van der Waals surface area contributed by atoms with Gasteiger partial charge in [0.25, 0.3) is 5.91 Å². The Balaban J connectivity index is 1.24. The molecule has 2 fully saturated rings. The van der Waals surface area contributed by atoms with Crippen LogP contribution in [0.5, 0.6) is 0 Å². The van der Waals surface area contributed by atoms with Gasteiger partial charge in [0.2, 0.25) is 11.8 Å². The zero-order valence-corrected chi connectivity index (χ0v) is 17.8. The molecule has 1 atom stereocenters. The lowest BCUT2D eigenvalue weighted by molar-refractivity contribution is -0.136. The molecule has 32 heavy (non-hydrogen) atoms. The molecule has 3 aliphatic rings. The average molecular weight is 432 g/mol. The molecule has 164 valence electrons. The van der Waals surface area contributed by atoms with Crippen LogP contribution in [0.1, 0.15) is 41.3 Å². The fourth-order valence-electron chi connectivity index (χ4n) is 4.82. The first-order valence-electron chi connectivity index (χ1n) is 10.7. The van der Waals surface area contributed by atoms with Crippen LogP contribution in [0.4, 0.5) is 10.5 Å². The first-order chi connectivity index (χ1) is 15.3. The molecule has 3 aliphatic heterocycles. The van der Waals surface area contributed by atoms with Crippen molar-refractivity contribution in [3.63, 3.8) is 0 Å². The third kappa shape index (κ3) is 3.41. The second-order valence-corrected chi connectivity index (χ2v) is 8.98. The van der Waals surface area contributed by atoms with Crippen LogP contribution in [0, 0.1) is 0 Å². The summed E-state index contributed by atoms with van der Waals surface area (Å²) in [5, 5.41) is 5.22. The second-order valence-electron chi connectivity index (χ2n) is 8.98. The largest absolute Gasteiger partial charge is 0.323 e. The van der Waals surface area contributed by atoms with Gasteiger partial charge in [0, 0.05) is 42.7 Å². The second kappa shape index (κ2) is 7.47. The molecular formula is C24H24N4O4. The minimum absolute atomic E-state index is 0.0502. The number of carbonyl (C=O) groups is 4. The molecule has 0 aliphatic carbocycles. The Morgan fingerprint density at radius 1 is 1.09 bits per heavy atom. The van der Waals surface area contributed by atoms with Gasteiger partial charge in [0.15, 0.2) is 0 Å². The van der Waals surface area contributed by atoms with E-state index in [0.29, 0.717) is 30.8 Å². The highest BCUT2D eigenvalue weighted by atomic mass is 16.2. The van der Waals surface area contributed by atoms with Gasteiger partial charge in [-0.25, -0.2) is 4.79 Å². The number of fused-ring (bicyclic) bond motifs is 1. The molecule has 0 spiro atoms. The number of rotatable bonds is 3. The van der Waals surface area contributed by atoms with Crippen molar-refractivity contribution >= 4 is 29.4 Å². The summed E-state index contributed by atoms with van der Waals surface area (Å²) < 4.78 is 0. The van der Waals surface area contributed by atoms with Crippen molar-refractivity contribution < 1.29 is 19.2 Å². The summed E-state index contributed by atoms with van der Waals surface area (Å²) in [5.41, 5.74) is 3.06. The molecular weight excluding hydrogens is 408 g/mol. The molecule has 1 unspecified atom stereocenters. The maximum Gasteiger partial charge on any atom is 0.321 e. The summed E-state index contributed by atoms with van der Waals surface area (Å²) in [7, 11) is 0. The molecule has 8 heteroatoms. The molecule has 0 saturated carbocycles. The van der Waals surface area contributed by atoms with E-state index >= 15 is 0 Å². The standard InChI is InChI=1S/C24H24N4O4/c1-24(16-5-3-2-4-6-16)13-27(14-24)23(32)25-17-7-8-18-15(11-17)12-28(22(18)31)19-9-10-20(29)26-21(19)30/h2-8,11,19H,9-10,12-14H2,1H3,(H,25,32)(H,26,29,30). The molecule has 3 heterocycles. The van der Waals surface area contributed by atoms with Crippen molar-refractivity contribution in [2.75, 3.05) is 18.4 Å². The van der Waals surface area contributed by atoms with Crippen molar-refractivity contribution in [2.45, 2.75) is 37.8 Å². The lowest BCUT2D eigenvalue weighted by Gasteiger charge is -2.48. The summed E-state index contributed by atoms with van der Waals surface area (Å²) in [4.78, 5) is 52.4. The lowest BCUT2D eigenvalue weighted by Crippen LogP contribution is -2.60. The van der Waals surface area contributed by atoms with Crippen LogP contribution in [-0.2, 0) is 21.5 Å². The van der Waals surface area contributed by atoms with Gasteiger partial charge in [-0.2, -0.15) is 0 Å². The molecule has 2 aromatic rings. The van der Waals surface area contributed by atoms with Crippen LogP contribution in [0.15, 0.2) is 48.5 Å². The number of carbonyl (C=O) groups excluding carboxylic acids is 4. The number of urea groups is 1. The van der Waals surface area contributed by atoms with Gasteiger partial charge in [-0.3, -0.25) is 19.7 Å². The van der Waals surface area contributed by atoms with Gasteiger partial charge in [-0.15, -0.1) is 0 Å². The zero-order valence-electron chi connectivity index (χ0n) is 17.8. The minimum atomic E-state index is -0.651. The number of nitrogens with one attached hydrogen (secondary N) is 2. The minimum Gasteiger partial charge on any atom is -0.323 e. The summed E-state index contributed by atoms with van der Waals surface area (Å²) >= 11 is 0. The predicted octanol–water partition coefficient (Wildman–Crippen LogP) is 2.25. The Hall–Kier alpha value is -3.68. The summed E-state index contributed by atoms with van der Waals surface area (Å²) in [6.45, 7) is 3.70. The van der Waals surface area contributed by atoms with Crippen molar-refractivity contribution in [3.05, 3.63) is 65.2 Å². The summed E-state index contributed by atoms with van der Waals surface area (Å²) in [6.07, 6.45) is 0.540. The van der Waals surface area contributed by atoms with Crippen molar-refractivity contribution in [1.29, 1.82) is 0 Å². The van der Waals surface area contributed by atoms with Crippen LogP contribution < -0.4 is 10.6 Å². The van der Waals surface area contributed by atoms with Crippen molar-refractivity contribution in [2.24, 2.45) is 0 Å². The molecule has 5 amide bonds. The average Bonchev–Trinajstić information content (AvgIpc) is 3.07. The Morgan fingerprint density at radius 2 is 1.84 bits per heavy atom. The van der Waals surface area contributed by atoms with Crippen LogP contribution in [0.25, 0.3) is 0 Å². The quantitative estimate of drug-likeness (QED) is 0.727. The SMILES string of the molecule is CC1(c2ccccc2)CN(C(=O)Nc2ccc3c(c2)CN(C2CCC(=O)NC2=O)C3=O)C1. The number of benzene rings is 2. The third-order valence-corrected chi connectivity index (χ3v) is 6.61. The van der Waals surface area contributed by atoms with Crippen molar-refractivity contribution in [1.82, 2.24) is 15.1 Å². The molecule has 2 aromatic carbocycles. The molecule has 0 aromatic heterocycles. The maximum absolute atomic E-state index is 12.8. The van der Waals surface area contributed by atoms with Crippen LogP contribution >= 0.6 is 0 Å². The fourth-order valence-corrected chi connectivity index (χ4v) is 4.82. The highest BCUT2D eigenvalue weighted by molar-refractivity contribution is 6.05. The topological polar surface area (TPSA) is 98.8 Å². The fraction of sp³-hybridized carbons (Fsp3) is 0.333. The number of likely N-dealkylation sites (tertiary alicyclic amines) is 1. The number of imide groups is 1. The number of hydrogen-bond acceptors (Lipinski definition) is 4. The van der Waals surface area contributed by atoms with E-state index in [9.17, 15) is 19.2 Å². The van der Waals surface area contributed by atoms with Gasteiger partial charge in [-0.05, 0) is 35.7 Å². The first-order valence-corrected chi connectivity index (χ1v) is 10.7. The van der Waals surface area contributed by atoms with E-state index in [1.807, 2.05) is 18.2 Å². The normalized spacial score (nSPS) is 21.7. The molecule has 0 radical (unpaired) electrons. The van der Waals surface area contributed by atoms with E-state index in [1.54, 1.807) is 23.1 Å². The smallest absolute Gasteiger partial charge is 0.321 e. The lowest BCUT2D eigenvalue weighted by atomic mass is 9.76. The van der Waals surface area contributed by atoms with E-state index in [1.165, 1.54) is 10.5 Å². The third-order valence-electron chi connectivity index (χ3n) is 6.61. The van der Waals surface area contributed by atoms with Gasteiger partial charge in [-0.1, -0.05) is 37.3 Å². The summed E-state index contributed by atoms with van der Waals surface area (Å²) in [6, 6.07) is 14.5. The predicted molar refractivity (Wildman–Crippen MR) is 117 cm³/mol. The first kappa shape index (κ1) is 20.2. The number of nitrogens with zero attached hydrogens (tertiary/aromatic N) is 2. The Kier molecular flexibility index (Phi) is 4.73. The number of piperidine rings is 1. The Bertz CT molecular complexity index is 1120. The maximum atomic E-state index is 12.8. The number of amides is 5. The highest BCUT2D eigenvalue weighted by Crippen LogP contribution is 2.35. The van der Waals surface area contributed by atoms with E-state index < -0.39 is 11.9 Å². The number of anilines is 1. The Morgan fingerprint density at radius 3 is 2.56 bits per heavy atom. The zero-order chi connectivity index (χ0) is 22.5. The highest BCUT2D eigenvalue weighted by Gasteiger charge is 2.43. The van der Waals surface area contributed by atoms with E-state index in [2.05, 4.69) is 29.7 Å². The Labute approximate surface area is 185 Å². The van der Waals surface area contributed by atoms with Crippen LogP contribution in [0.2, 0.25) is 0 Å². The van der Waals surface area contributed by atoms with E-state index in [0.717, 1.165) is 5.56 Å². The molecule has 8 nitrogen and oxygen atoms in total.